The van der Waals surface area contributed by atoms with Crippen molar-refractivity contribution in [2.24, 2.45) is 35.5 Å². The van der Waals surface area contributed by atoms with Gasteiger partial charge in [0, 0.05) is 18.8 Å². The molecule has 0 spiro atoms. The molecule has 10 nitrogen and oxygen atoms in total. The van der Waals surface area contributed by atoms with Crippen LogP contribution in [0.15, 0.2) is 23.8 Å². The van der Waals surface area contributed by atoms with Crippen LogP contribution in [0.1, 0.15) is 88.0 Å². The molecule has 3 fully saturated rings. The molecule has 2 saturated carbocycles. The minimum absolute atomic E-state index is 0.00835. The Labute approximate surface area is 261 Å². The monoisotopic (exact) mass is 618 g/mol. The average molecular weight is 619 g/mol. The number of ketones is 1. The van der Waals surface area contributed by atoms with E-state index in [2.05, 4.69) is 6.58 Å². The van der Waals surface area contributed by atoms with E-state index in [1.807, 2.05) is 34.6 Å². The van der Waals surface area contributed by atoms with Crippen LogP contribution in [0, 0.1) is 35.5 Å². The van der Waals surface area contributed by atoms with Crippen LogP contribution in [-0.4, -0.2) is 66.3 Å². The Hall–Kier alpha value is -3.01. The zero-order chi connectivity index (χ0) is 33.1. The molecule has 0 aromatic carbocycles. The number of esters is 4. The van der Waals surface area contributed by atoms with Gasteiger partial charge < -0.3 is 23.7 Å². The van der Waals surface area contributed by atoms with Gasteiger partial charge in [-0.05, 0) is 51.5 Å². The molecule has 0 amide bonds. The lowest BCUT2D eigenvalue weighted by atomic mass is 9.61. The molecule has 1 aliphatic heterocycles. The largest absolute Gasteiger partial charge is 0.462 e. The molecule has 2 aliphatic carbocycles. The molecule has 44 heavy (non-hydrogen) atoms. The van der Waals surface area contributed by atoms with Gasteiger partial charge in [0.2, 0.25) is 0 Å². The second-order valence-electron chi connectivity index (χ2n) is 12.9. The molecule has 246 valence electrons. The Morgan fingerprint density at radius 1 is 0.977 bits per heavy atom. The summed E-state index contributed by atoms with van der Waals surface area (Å²) in [5.74, 6) is -6.50. The SMILES string of the molecule is C=C1C(OC(=O)C(C)CC)C(OC(=O)CC=C(C)CC)C(C2(C)CO2)C2C(C(C)OC(C)=O)C(=O)C(OC(=O)C(C)CC)C12. The summed E-state index contributed by atoms with van der Waals surface area (Å²) in [6.07, 6.45) is -0.695. The predicted molar refractivity (Wildman–Crippen MR) is 161 cm³/mol. The number of hydrogen-bond donors (Lipinski definition) is 0. The Kier molecular flexibility index (Phi) is 11.6. The summed E-state index contributed by atoms with van der Waals surface area (Å²) < 4.78 is 29.6. The van der Waals surface area contributed by atoms with E-state index in [4.69, 9.17) is 23.7 Å². The van der Waals surface area contributed by atoms with Gasteiger partial charge in [-0.2, -0.15) is 0 Å². The fourth-order valence-electron chi connectivity index (χ4n) is 6.45. The Morgan fingerprint density at radius 2 is 1.52 bits per heavy atom. The number of fused-ring (bicyclic) bond motifs is 1. The van der Waals surface area contributed by atoms with Crippen LogP contribution in [-0.2, 0) is 47.7 Å². The lowest BCUT2D eigenvalue weighted by Gasteiger charge is -2.48. The highest BCUT2D eigenvalue weighted by atomic mass is 16.6. The van der Waals surface area contributed by atoms with Gasteiger partial charge in [0.05, 0.1) is 36.4 Å². The molecule has 0 aromatic rings. The van der Waals surface area contributed by atoms with E-state index in [0.29, 0.717) is 25.0 Å². The van der Waals surface area contributed by atoms with Crippen LogP contribution in [0.2, 0.25) is 0 Å². The van der Waals surface area contributed by atoms with Crippen molar-refractivity contribution < 1.29 is 47.7 Å². The number of epoxide rings is 1. The number of allylic oxidation sites excluding steroid dienone is 1. The highest BCUT2D eigenvalue weighted by Gasteiger charge is 2.70. The fraction of sp³-hybridized carbons (Fsp3) is 0.735. The Morgan fingerprint density at radius 3 is 2.00 bits per heavy atom. The fourth-order valence-corrected chi connectivity index (χ4v) is 6.45. The zero-order valence-electron chi connectivity index (χ0n) is 27.7. The van der Waals surface area contributed by atoms with Gasteiger partial charge in [0.1, 0.15) is 12.2 Å². The van der Waals surface area contributed by atoms with Crippen LogP contribution >= 0.6 is 0 Å². The van der Waals surface area contributed by atoms with Gasteiger partial charge in [0.25, 0.3) is 0 Å². The number of Topliss-reactive ketones (excluding diaryl/α,β-unsaturated/α-hetero) is 1. The number of carbonyl (C=O) groups excluding carboxylic acids is 5. The van der Waals surface area contributed by atoms with Crippen molar-refractivity contribution in [2.75, 3.05) is 6.61 Å². The molecular formula is C34H50O10. The first kappa shape index (κ1) is 35.5. The lowest BCUT2D eigenvalue weighted by molar-refractivity contribution is -0.186. The normalized spacial score (nSPS) is 33.5. The second-order valence-corrected chi connectivity index (χ2v) is 12.9. The van der Waals surface area contributed by atoms with Gasteiger partial charge in [0.15, 0.2) is 18.0 Å². The van der Waals surface area contributed by atoms with Crippen molar-refractivity contribution in [1.29, 1.82) is 0 Å². The highest BCUT2D eigenvalue weighted by Crippen LogP contribution is 2.59. The van der Waals surface area contributed by atoms with Crippen molar-refractivity contribution in [3.63, 3.8) is 0 Å². The van der Waals surface area contributed by atoms with Crippen LogP contribution < -0.4 is 0 Å². The lowest BCUT2D eigenvalue weighted by Crippen LogP contribution is -2.58. The summed E-state index contributed by atoms with van der Waals surface area (Å²) in [6.45, 7) is 20.4. The third kappa shape index (κ3) is 7.44. The van der Waals surface area contributed by atoms with Gasteiger partial charge >= 0.3 is 23.9 Å². The molecule has 3 rings (SSSR count). The summed E-state index contributed by atoms with van der Waals surface area (Å²) in [7, 11) is 0. The highest BCUT2D eigenvalue weighted by molar-refractivity contribution is 5.92. The topological polar surface area (TPSA) is 135 Å². The van der Waals surface area contributed by atoms with Crippen LogP contribution in [0.3, 0.4) is 0 Å². The van der Waals surface area contributed by atoms with E-state index in [-0.39, 0.29) is 6.42 Å². The van der Waals surface area contributed by atoms with E-state index < -0.39 is 95.2 Å². The van der Waals surface area contributed by atoms with Crippen LogP contribution in [0.4, 0.5) is 0 Å². The summed E-state index contributed by atoms with van der Waals surface area (Å²) in [5, 5.41) is 0. The Bertz CT molecular complexity index is 1170. The quantitative estimate of drug-likeness (QED) is 0.121. The molecular weight excluding hydrogens is 568 g/mol. The van der Waals surface area contributed by atoms with Crippen molar-refractivity contribution in [3.8, 4) is 0 Å². The molecule has 11 unspecified atom stereocenters. The summed E-state index contributed by atoms with van der Waals surface area (Å²) in [6, 6.07) is 0. The summed E-state index contributed by atoms with van der Waals surface area (Å²) in [4.78, 5) is 65.9. The maximum absolute atomic E-state index is 14.2. The first-order valence-corrected chi connectivity index (χ1v) is 15.9. The number of hydrogen-bond acceptors (Lipinski definition) is 10. The minimum atomic E-state index is -1.25. The van der Waals surface area contributed by atoms with Gasteiger partial charge in [-0.3, -0.25) is 24.0 Å². The first-order valence-electron chi connectivity index (χ1n) is 15.9. The summed E-state index contributed by atoms with van der Waals surface area (Å²) in [5.41, 5.74) is 0.485. The van der Waals surface area contributed by atoms with E-state index in [1.54, 1.807) is 26.8 Å². The predicted octanol–water partition coefficient (Wildman–Crippen LogP) is 4.92. The third-order valence-electron chi connectivity index (χ3n) is 9.75. The van der Waals surface area contributed by atoms with Crippen molar-refractivity contribution in [3.05, 3.63) is 23.8 Å². The molecule has 1 heterocycles. The molecule has 0 bridgehead atoms. The van der Waals surface area contributed by atoms with Crippen LogP contribution in [0.25, 0.3) is 0 Å². The number of rotatable bonds is 13. The van der Waals surface area contributed by atoms with Crippen LogP contribution in [0.5, 0.6) is 0 Å². The van der Waals surface area contributed by atoms with E-state index in [9.17, 15) is 24.0 Å². The molecule has 11 atom stereocenters. The minimum Gasteiger partial charge on any atom is -0.462 e. The van der Waals surface area contributed by atoms with Crippen molar-refractivity contribution in [1.82, 2.24) is 0 Å². The van der Waals surface area contributed by atoms with Gasteiger partial charge in [-0.25, -0.2) is 0 Å². The maximum atomic E-state index is 14.2. The smallest absolute Gasteiger partial charge is 0.310 e. The summed E-state index contributed by atoms with van der Waals surface area (Å²) >= 11 is 0. The van der Waals surface area contributed by atoms with Crippen molar-refractivity contribution in [2.45, 2.75) is 118 Å². The third-order valence-corrected chi connectivity index (χ3v) is 9.75. The van der Waals surface area contributed by atoms with E-state index >= 15 is 0 Å². The molecule has 0 N–H and O–H groups in total. The molecule has 0 aromatic heterocycles. The molecule has 1 saturated heterocycles. The van der Waals surface area contributed by atoms with Crippen molar-refractivity contribution >= 4 is 29.7 Å². The second kappa shape index (κ2) is 14.4. The molecule has 3 aliphatic rings. The van der Waals surface area contributed by atoms with Gasteiger partial charge in [-0.1, -0.05) is 52.8 Å². The number of carbonyl (C=O) groups is 5. The van der Waals surface area contributed by atoms with E-state index in [0.717, 1.165) is 12.0 Å². The Balaban J connectivity index is 2.18. The van der Waals surface area contributed by atoms with Gasteiger partial charge in [-0.15, -0.1) is 0 Å². The maximum Gasteiger partial charge on any atom is 0.310 e. The average Bonchev–Trinajstić information content (AvgIpc) is 3.65. The molecule has 10 heteroatoms. The standard InChI is InChI=1S/C34H50O10/c1-11-17(4)14-15-23(36)42-31-27(34(10)16-40-34)26-24(20(7)29(31)43-32(38)18(5)12-2)30(44-33(39)19(6)13-3)28(37)25(26)21(8)41-22(9)35/h14,18-19,21,24-27,29-31H,7,11-13,15-16H2,1-6,8-10H3. The van der Waals surface area contributed by atoms with E-state index in [1.165, 1.54) is 6.92 Å². The zero-order valence-corrected chi connectivity index (χ0v) is 27.7. The molecule has 0 radical (unpaired) electrons. The number of ether oxygens (including phenoxy) is 5. The first-order chi connectivity index (χ1) is 20.6.